The Balaban J connectivity index is 2.27. The highest BCUT2D eigenvalue weighted by molar-refractivity contribution is 7.80. The molecule has 1 nitrogen and oxygen atoms in total. The molecule has 0 saturated carbocycles. The molecule has 3 heteroatoms. The van der Waals surface area contributed by atoms with Gasteiger partial charge in [0.25, 0.3) is 0 Å². The third kappa shape index (κ3) is 5.45. The van der Waals surface area contributed by atoms with E-state index in [9.17, 15) is 0 Å². The minimum atomic E-state index is 0.808. The Morgan fingerprint density at radius 3 is 2.47 bits per heavy atom. The van der Waals surface area contributed by atoms with Crippen LogP contribution in [0.2, 0.25) is 5.02 Å². The van der Waals surface area contributed by atoms with Crippen molar-refractivity contribution in [2.45, 2.75) is 12.8 Å². The zero-order valence-corrected chi connectivity index (χ0v) is 10.8. The van der Waals surface area contributed by atoms with E-state index in [1.165, 1.54) is 5.56 Å². The average molecular weight is 244 g/mol. The van der Waals surface area contributed by atoms with Crippen LogP contribution >= 0.6 is 24.2 Å². The smallest absolute Gasteiger partial charge is 0.0406 e. The Morgan fingerprint density at radius 1 is 1.20 bits per heavy atom. The highest BCUT2D eigenvalue weighted by Gasteiger charge is 1.98. The summed E-state index contributed by atoms with van der Waals surface area (Å²) in [6, 6.07) is 8.08. The molecule has 0 aromatic heterocycles. The highest BCUT2D eigenvalue weighted by Crippen LogP contribution is 2.10. The van der Waals surface area contributed by atoms with Gasteiger partial charge < -0.3 is 4.90 Å². The summed E-state index contributed by atoms with van der Waals surface area (Å²) in [6.07, 6.45) is 2.24. The largest absolute Gasteiger partial charge is 0.306 e. The maximum atomic E-state index is 5.82. The molecule has 0 saturated heterocycles. The van der Waals surface area contributed by atoms with Crippen molar-refractivity contribution in [3.05, 3.63) is 34.9 Å². The van der Waals surface area contributed by atoms with Crippen molar-refractivity contribution in [3.63, 3.8) is 0 Å². The van der Waals surface area contributed by atoms with Crippen LogP contribution in [-0.4, -0.2) is 30.8 Å². The standard InChI is InChI=1S/C12H18ClNS/c1-14(8-2-10-15)9-7-11-3-5-12(13)6-4-11/h3-6,15H,2,7-10H2,1H3. The Hall–Kier alpha value is -0.180. The van der Waals surface area contributed by atoms with Crippen molar-refractivity contribution in [1.29, 1.82) is 0 Å². The van der Waals surface area contributed by atoms with Crippen LogP contribution in [0.5, 0.6) is 0 Å². The Kier molecular flexibility index (Phi) is 6.15. The number of hydrogen-bond donors (Lipinski definition) is 1. The predicted octanol–water partition coefficient (Wildman–Crippen LogP) is 3.13. The summed E-state index contributed by atoms with van der Waals surface area (Å²) < 4.78 is 0. The minimum Gasteiger partial charge on any atom is -0.306 e. The summed E-state index contributed by atoms with van der Waals surface area (Å²) in [6.45, 7) is 2.21. The molecule has 0 amide bonds. The molecule has 84 valence electrons. The lowest BCUT2D eigenvalue weighted by Gasteiger charge is -2.15. The topological polar surface area (TPSA) is 3.24 Å². The van der Waals surface area contributed by atoms with E-state index in [0.717, 1.165) is 36.7 Å². The quantitative estimate of drug-likeness (QED) is 0.752. The van der Waals surface area contributed by atoms with Gasteiger partial charge in [0.15, 0.2) is 0 Å². The molecule has 0 unspecified atom stereocenters. The summed E-state index contributed by atoms with van der Waals surface area (Å²) >= 11 is 10.0. The second kappa shape index (κ2) is 7.15. The molecule has 0 aliphatic rings. The van der Waals surface area contributed by atoms with Crippen LogP contribution in [-0.2, 0) is 6.42 Å². The normalized spacial score (nSPS) is 10.9. The van der Waals surface area contributed by atoms with E-state index in [-0.39, 0.29) is 0 Å². The average Bonchev–Trinajstić information content (AvgIpc) is 2.25. The molecule has 0 aliphatic heterocycles. The molecule has 0 atom stereocenters. The van der Waals surface area contributed by atoms with Gasteiger partial charge >= 0.3 is 0 Å². The summed E-state index contributed by atoms with van der Waals surface area (Å²) in [4.78, 5) is 2.34. The monoisotopic (exact) mass is 243 g/mol. The SMILES string of the molecule is CN(CCCS)CCc1ccc(Cl)cc1. The van der Waals surface area contributed by atoms with Gasteiger partial charge in [0.2, 0.25) is 0 Å². The van der Waals surface area contributed by atoms with Gasteiger partial charge in [-0.2, -0.15) is 12.6 Å². The highest BCUT2D eigenvalue weighted by atomic mass is 35.5. The van der Waals surface area contributed by atoms with Crippen LogP contribution in [0.25, 0.3) is 0 Å². The molecule has 0 spiro atoms. The molecule has 0 N–H and O–H groups in total. The van der Waals surface area contributed by atoms with Crippen molar-refractivity contribution in [3.8, 4) is 0 Å². The minimum absolute atomic E-state index is 0.808. The molecule has 1 aromatic rings. The summed E-state index contributed by atoms with van der Waals surface area (Å²) in [5, 5.41) is 0.808. The fraction of sp³-hybridized carbons (Fsp3) is 0.500. The Bertz CT molecular complexity index is 273. The van der Waals surface area contributed by atoms with E-state index in [0.29, 0.717) is 0 Å². The van der Waals surface area contributed by atoms with Crippen LogP contribution in [0.1, 0.15) is 12.0 Å². The van der Waals surface area contributed by atoms with E-state index in [1.54, 1.807) is 0 Å². The maximum absolute atomic E-state index is 5.82. The number of thiol groups is 1. The lowest BCUT2D eigenvalue weighted by Crippen LogP contribution is -2.22. The van der Waals surface area contributed by atoms with Crippen LogP contribution in [0.4, 0.5) is 0 Å². The number of benzene rings is 1. The summed E-state index contributed by atoms with van der Waals surface area (Å²) in [5.41, 5.74) is 1.34. The van der Waals surface area contributed by atoms with E-state index < -0.39 is 0 Å². The van der Waals surface area contributed by atoms with Gasteiger partial charge in [-0.3, -0.25) is 0 Å². The van der Waals surface area contributed by atoms with Crippen LogP contribution in [0, 0.1) is 0 Å². The predicted molar refractivity (Wildman–Crippen MR) is 71.1 cm³/mol. The Labute approximate surface area is 103 Å². The van der Waals surface area contributed by atoms with Crippen molar-refractivity contribution >= 4 is 24.2 Å². The van der Waals surface area contributed by atoms with E-state index >= 15 is 0 Å². The van der Waals surface area contributed by atoms with Crippen molar-refractivity contribution in [2.24, 2.45) is 0 Å². The first-order valence-electron chi connectivity index (χ1n) is 5.26. The van der Waals surface area contributed by atoms with Gasteiger partial charge in [-0.25, -0.2) is 0 Å². The lowest BCUT2D eigenvalue weighted by molar-refractivity contribution is 0.340. The number of rotatable bonds is 6. The Morgan fingerprint density at radius 2 is 1.87 bits per heavy atom. The zero-order valence-electron chi connectivity index (χ0n) is 9.12. The number of hydrogen-bond acceptors (Lipinski definition) is 2. The molecular weight excluding hydrogens is 226 g/mol. The molecule has 0 bridgehead atoms. The second-order valence-corrected chi connectivity index (χ2v) is 4.64. The van der Waals surface area contributed by atoms with Crippen LogP contribution < -0.4 is 0 Å². The molecule has 1 rings (SSSR count). The number of likely N-dealkylation sites (N-methyl/N-ethyl adjacent to an activating group) is 1. The number of nitrogens with zero attached hydrogens (tertiary/aromatic N) is 1. The second-order valence-electron chi connectivity index (χ2n) is 3.76. The molecule has 15 heavy (non-hydrogen) atoms. The zero-order chi connectivity index (χ0) is 11.1. The van der Waals surface area contributed by atoms with Gasteiger partial charge in [-0.05, 0) is 49.9 Å². The molecular formula is C12H18ClNS. The van der Waals surface area contributed by atoms with Gasteiger partial charge in [-0.1, -0.05) is 23.7 Å². The lowest BCUT2D eigenvalue weighted by atomic mass is 10.1. The van der Waals surface area contributed by atoms with Gasteiger partial charge in [0.05, 0.1) is 0 Å². The number of halogens is 1. The van der Waals surface area contributed by atoms with Crippen molar-refractivity contribution < 1.29 is 0 Å². The van der Waals surface area contributed by atoms with Crippen molar-refractivity contribution in [1.82, 2.24) is 4.90 Å². The fourth-order valence-electron chi connectivity index (χ4n) is 1.42. The van der Waals surface area contributed by atoms with E-state index in [1.807, 2.05) is 12.1 Å². The first kappa shape index (κ1) is 12.9. The first-order chi connectivity index (χ1) is 7.22. The molecule has 0 aliphatic carbocycles. The van der Waals surface area contributed by atoms with Gasteiger partial charge in [0, 0.05) is 11.6 Å². The summed E-state index contributed by atoms with van der Waals surface area (Å²) in [5.74, 6) is 0.964. The molecule has 0 heterocycles. The third-order valence-corrected chi connectivity index (χ3v) is 2.96. The van der Waals surface area contributed by atoms with E-state index in [2.05, 4.69) is 36.7 Å². The van der Waals surface area contributed by atoms with Gasteiger partial charge in [-0.15, -0.1) is 0 Å². The molecule has 0 radical (unpaired) electrons. The van der Waals surface area contributed by atoms with E-state index in [4.69, 9.17) is 11.6 Å². The summed E-state index contributed by atoms with van der Waals surface area (Å²) in [7, 11) is 2.15. The first-order valence-corrected chi connectivity index (χ1v) is 6.27. The third-order valence-electron chi connectivity index (χ3n) is 2.39. The van der Waals surface area contributed by atoms with Crippen molar-refractivity contribution in [2.75, 3.05) is 25.9 Å². The van der Waals surface area contributed by atoms with Crippen LogP contribution in [0.3, 0.4) is 0 Å². The molecule has 1 aromatic carbocycles. The van der Waals surface area contributed by atoms with Gasteiger partial charge in [0.1, 0.15) is 0 Å². The van der Waals surface area contributed by atoms with Crippen LogP contribution in [0.15, 0.2) is 24.3 Å². The maximum Gasteiger partial charge on any atom is 0.0406 e. The molecule has 0 fully saturated rings. The fourth-order valence-corrected chi connectivity index (χ4v) is 1.69.